The molecule has 94 valence electrons. The van der Waals surface area contributed by atoms with Gasteiger partial charge in [-0.3, -0.25) is 4.79 Å². The third-order valence-corrected chi connectivity index (χ3v) is 3.02. The molecule has 0 aliphatic heterocycles. The number of aromatic nitrogens is 1. The molecule has 17 heavy (non-hydrogen) atoms. The molecule has 1 aromatic rings. The Morgan fingerprint density at radius 3 is 2.76 bits per heavy atom. The van der Waals surface area contributed by atoms with E-state index >= 15 is 0 Å². The van der Waals surface area contributed by atoms with Crippen molar-refractivity contribution in [2.24, 2.45) is 0 Å². The van der Waals surface area contributed by atoms with Gasteiger partial charge in [0.05, 0.1) is 6.54 Å². The Hall–Kier alpha value is -1.63. The van der Waals surface area contributed by atoms with E-state index in [-0.39, 0.29) is 12.6 Å². The van der Waals surface area contributed by atoms with E-state index in [0.717, 1.165) is 10.7 Å². The van der Waals surface area contributed by atoms with Gasteiger partial charge in [0.15, 0.2) is 0 Å². The minimum absolute atomic E-state index is 0.292. The van der Waals surface area contributed by atoms with Crippen LogP contribution in [0.4, 0.5) is 4.79 Å². The zero-order valence-corrected chi connectivity index (χ0v) is 10.6. The number of nitrogens with zero attached hydrogens (tertiary/aromatic N) is 2. The number of amides is 2. The summed E-state index contributed by atoms with van der Waals surface area (Å²) in [5.74, 6) is -1.02. The molecule has 7 heteroatoms. The first kappa shape index (κ1) is 13.4. The molecule has 6 nitrogen and oxygen atoms in total. The Labute approximate surface area is 103 Å². The fourth-order valence-electron chi connectivity index (χ4n) is 1.24. The summed E-state index contributed by atoms with van der Waals surface area (Å²) in [4.78, 5) is 27.6. The van der Waals surface area contributed by atoms with Crippen LogP contribution in [0.2, 0.25) is 0 Å². The van der Waals surface area contributed by atoms with E-state index in [1.54, 1.807) is 6.92 Å². The number of carboxylic acids is 1. The van der Waals surface area contributed by atoms with Gasteiger partial charge in [-0.1, -0.05) is 0 Å². The molecule has 2 amide bonds. The molecule has 0 aromatic carbocycles. The van der Waals surface area contributed by atoms with Gasteiger partial charge in [-0.25, -0.2) is 9.78 Å². The van der Waals surface area contributed by atoms with Crippen LogP contribution in [0, 0.1) is 6.92 Å². The van der Waals surface area contributed by atoms with Crippen molar-refractivity contribution in [1.82, 2.24) is 15.2 Å². The topological polar surface area (TPSA) is 82.5 Å². The van der Waals surface area contributed by atoms with Crippen LogP contribution < -0.4 is 5.32 Å². The third kappa shape index (κ3) is 4.39. The third-order valence-electron chi connectivity index (χ3n) is 2.05. The van der Waals surface area contributed by atoms with Crippen molar-refractivity contribution in [3.8, 4) is 0 Å². The minimum Gasteiger partial charge on any atom is -0.480 e. The normalized spacial score (nSPS) is 10.0. The summed E-state index contributed by atoms with van der Waals surface area (Å²) in [7, 11) is 0. The molecule has 2 N–H and O–H groups in total. The van der Waals surface area contributed by atoms with Crippen molar-refractivity contribution in [2.45, 2.75) is 20.4 Å². The summed E-state index contributed by atoms with van der Waals surface area (Å²) in [6.07, 6.45) is 0. The fraction of sp³-hybridized carbons (Fsp3) is 0.500. The molecule has 0 aliphatic carbocycles. The SMILES string of the molecule is CCN(CC(=O)O)C(=O)NCc1nc(C)cs1. The number of urea groups is 1. The minimum atomic E-state index is -1.02. The average Bonchev–Trinajstić information content (AvgIpc) is 2.68. The average molecular weight is 257 g/mol. The van der Waals surface area contributed by atoms with Crippen LogP contribution in [-0.4, -0.2) is 40.1 Å². The highest BCUT2D eigenvalue weighted by molar-refractivity contribution is 7.09. The van der Waals surface area contributed by atoms with Crippen LogP contribution in [0.1, 0.15) is 17.6 Å². The molecule has 0 bridgehead atoms. The lowest BCUT2D eigenvalue weighted by Crippen LogP contribution is -2.42. The summed E-state index contributed by atoms with van der Waals surface area (Å²) in [5.41, 5.74) is 0.914. The first-order valence-electron chi connectivity index (χ1n) is 5.18. The Morgan fingerprint density at radius 1 is 1.59 bits per heavy atom. The number of thiazole rings is 1. The van der Waals surface area contributed by atoms with Crippen molar-refractivity contribution < 1.29 is 14.7 Å². The largest absolute Gasteiger partial charge is 0.480 e. The second-order valence-electron chi connectivity index (χ2n) is 3.45. The van der Waals surface area contributed by atoms with Gasteiger partial charge in [0, 0.05) is 17.6 Å². The van der Waals surface area contributed by atoms with E-state index in [4.69, 9.17) is 5.11 Å². The van der Waals surface area contributed by atoms with E-state index in [1.165, 1.54) is 16.2 Å². The lowest BCUT2D eigenvalue weighted by molar-refractivity contribution is -0.137. The highest BCUT2D eigenvalue weighted by atomic mass is 32.1. The Bertz CT molecular complexity index is 405. The molecule has 1 rings (SSSR count). The number of hydrogen-bond donors (Lipinski definition) is 2. The number of likely N-dealkylation sites (N-methyl/N-ethyl adjacent to an activating group) is 1. The van der Waals surface area contributed by atoms with E-state index in [9.17, 15) is 9.59 Å². The number of hydrogen-bond acceptors (Lipinski definition) is 4. The van der Waals surface area contributed by atoms with E-state index < -0.39 is 5.97 Å². The first-order valence-corrected chi connectivity index (χ1v) is 6.06. The predicted molar refractivity (Wildman–Crippen MR) is 64.0 cm³/mol. The van der Waals surface area contributed by atoms with Crippen LogP contribution in [-0.2, 0) is 11.3 Å². The summed E-state index contributed by atoms with van der Waals surface area (Å²) in [6.45, 7) is 4.00. The van der Waals surface area contributed by atoms with Crippen LogP contribution in [0.3, 0.4) is 0 Å². The lowest BCUT2D eigenvalue weighted by Gasteiger charge is -2.18. The molecule has 1 aromatic heterocycles. The van der Waals surface area contributed by atoms with Gasteiger partial charge >= 0.3 is 12.0 Å². The van der Waals surface area contributed by atoms with Crippen molar-refractivity contribution in [1.29, 1.82) is 0 Å². The Morgan fingerprint density at radius 2 is 2.29 bits per heavy atom. The van der Waals surface area contributed by atoms with Crippen LogP contribution in [0.25, 0.3) is 0 Å². The Balaban J connectivity index is 2.44. The van der Waals surface area contributed by atoms with Crippen molar-refractivity contribution in [3.05, 3.63) is 16.1 Å². The molecule has 0 saturated heterocycles. The van der Waals surface area contributed by atoms with Crippen LogP contribution in [0.5, 0.6) is 0 Å². The molecular formula is C10H15N3O3S. The van der Waals surface area contributed by atoms with Crippen LogP contribution in [0.15, 0.2) is 5.38 Å². The predicted octanol–water partition coefficient (Wildman–Crippen LogP) is 1.07. The van der Waals surface area contributed by atoms with Gasteiger partial charge in [0.1, 0.15) is 11.6 Å². The van der Waals surface area contributed by atoms with Gasteiger partial charge in [-0.05, 0) is 13.8 Å². The summed E-state index contributed by atoms with van der Waals surface area (Å²) < 4.78 is 0. The quantitative estimate of drug-likeness (QED) is 0.826. The van der Waals surface area contributed by atoms with Gasteiger partial charge in [0.25, 0.3) is 0 Å². The van der Waals surface area contributed by atoms with Crippen LogP contribution >= 0.6 is 11.3 Å². The van der Waals surface area contributed by atoms with Crippen molar-refractivity contribution in [2.75, 3.05) is 13.1 Å². The van der Waals surface area contributed by atoms with Crippen molar-refractivity contribution in [3.63, 3.8) is 0 Å². The summed E-state index contributed by atoms with van der Waals surface area (Å²) in [5, 5.41) is 14.0. The summed E-state index contributed by atoms with van der Waals surface area (Å²) in [6, 6.07) is -0.386. The number of carboxylic acid groups (broad SMARTS) is 1. The standard InChI is InChI=1S/C10H15N3O3S/c1-3-13(5-9(14)15)10(16)11-4-8-12-7(2)6-17-8/h6H,3-5H2,1-2H3,(H,11,16)(H,14,15). The first-order chi connectivity index (χ1) is 8.02. The maximum Gasteiger partial charge on any atom is 0.323 e. The highest BCUT2D eigenvalue weighted by Crippen LogP contribution is 2.07. The van der Waals surface area contributed by atoms with E-state index in [1.807, 2.05) is 12.3 Å². The molecule has 0 spiro atoms. The lowest BCUT2D eigenvalue weighted by atomic mass is 10.5. The van der Waals surface area contributed by atoms with E-state index in [0.29, 0.717) is 13.1 Å². The molecule has 0 atom stereocenters. The van der Waals surface area contributed by atoms with Gasteiger partial charge in [-0.2, -0.15) is 0 Å². The van der Waals surface area contributed by atoms with Gasteiger partial charge in [-0.15, -0.1) is 11.3 Å². The van der Waals surface area contributed by atoms with Crippen molar-refractivity contribution >= 4 is 23.3 Å². The number of rotatable bonds is 5. The second kappa shape index (κ2) is 6.19. The summed E-state index contributed by atoms with van der Waals surface area (Å²) >= 11 is 1.46. The number of carbonyl (C=O) groups is 2. The maximum atomic E-state index is 11.6. The fourth-order valence-corrected chi connectivity index (χ4v) is 1.95. The monoisotopic (exact) mass is 257 g/mol. The highest BCUT2D eigenvalue weighted by Gasteiger charge is 2.14. The van der Waals surface area contributed by atoms with Gasteiger partial charge in [0.2, 0.25) is 0 Å². The molecular weight excluding hydrogens is 242 g/mol. The number of nitrogens with one attached hydrogen (secondary N) is 1. The maximum absolute atomic E-state index is 11.6. The zero-order valence-electron chi connectivity index (χ0n) is 9.77. The van der Waals surface area contributed by atoms with Gasteiger partial charge < -0.3 is 15.3 Å². The molecule has 1 heterocycles. The smallest absolute Gasteiger partial charge is 0.323 e. The number of aliphatic carboxylic acids is 1. The molecule has 0 fully saturated rings. The van der Waals surface area contributed by atoms with E-state index in [2.05, 4.69) is 10.3 Å². The number of aryl methyl sites for hydroxylation is 1. The number of carbonyl (C=O) groups excluding carboxylic acids is 1. The molecule has 0 aliphatic rings. The Kier molecular flexibility index (Phi) is 4.89. The second-order valence-corrected chi connectivity index (χ2v) is 4.39. The molecule has 0 saturated carbocycles. The molecule has 0 radical (unpaired) electrons. The zero-order chi connectivity index (χ0) is 12.8. The molecule has 0 unspecified atom stereocenters.